The number of piperazine rings is 1. The number of anilines is 2. The Morgan fingerprint density at radius 3 is 2.20 bits per heavy atom. The van der Waals surface area contributed by atoms with Crippen LogP contribution in [-0.4, -0.2) is 36.1 Å². The Hall–Kier alpha value is -1.82. The average Bonchev–Trinajstić information content (AvgIpc) is 2.66. The van der Waals surface area contributed by atoms with E-state index in [1.54, 1.807) is 6.07 Å². The molecular formula is C24H37N4O2+. The van der Waals surface area contributed by atoms with Crippen LogP contribution in [0.1, 0.15) is 59.3 Å². The van der Waals surface area contributed by atoms with Crippen molar-refractivity contribution in [2.45, 2.75) is 77.4 Å². The van der Waals surface area contributed by atoms with Gasteiger partial charge in [0.2, 0.25) is 0 Å². The van der Waals surface area contributed by atoms with Crippen LogP contribution in [0.3, 0.4) is 0 Å². The molecule has 0 aromatic heterocycles. The van der Waals surface area contributed by atoms with Crippen molar-refractivity contribution in [2.24, 2.45) is 23.2 Å². The Balaban J connectivity index is 1.41. The van der Waals surface area contributed by atoms with E-state index in [9.17, 15) is 10.1 Å². The minimum absolute atomic E-state index is 0.208. The molecule has 0 spiro atoms. The molecule has 4 aliphatic carbocycles. The summed E-state index contributed by atoms with van der Waals surface area (Å²) in [5.41, 5.74) is 2.34. The van der Waals surface area contributed by atoms with Crippen LogP contribution in [0.5, 0.6) is 0 Å². The molecule has 0 amide bonds. The van der Waals surface area contributed by atoms with Crippen LogP contribution in [0.25, 0.3) is 0 Å². The summed E-state index contributed by atoms with van der Waals surface area (Å²) >= 11 is 0. The fourth-order valence-electron chi connectivity index (χ4n) is 7.75. The molecule has 1 saturated heterocycles. The third-order valence-corrected chi connectivity index (χ3v) is 8.59. The molecule has 164 valence electrons. The quantitative estimate of drug-likeness (QED) is 0.569. The highest BCUT2D eigenvalue weighted by molar-refractivity contribution is 5.69. The van der Waals surface area contributed by atoms with E-state index < -0.39 is 0 Å². The second-order valence-corrected chi connectivity index (χ2v) is 11.2. The van der Waals surface area contributed by atoms with E-state index in [2.05, 4.69) is 36.3 Å². The molecule has 3 unspecified atom stereocenters. The van der Waals surface area contributed by atoms with Crippen molar-refractivity contribution in [3.8, 4) is 0 Å². The van der Waals surface area contributed by atoms with Crippen molar-refractivity contribution in [3.05, 3.63) is 28.3 Å². The smallest absolute Gasteiger partial charge is 0.292 e. The van der Waals surface area contributed by atoms with Gasteiger partial charge in [0.1, 0.15) is 17.8 Å². The van der Waals surface area contributed by atoms with Crippen molar-refractivity contribution in [2.75, 3.05) is 23.3 Å². The lowest BCUT2D eigenvalue weighted by atomic mass is 9.48. The van der Waals surface area contributed by atoms with Crippen LogP contribution in [0.2, 0.25) is 0 Å². The van der Waals surface area contributed by atoms with Gasteiger partial charge in [0.05, 0.1) is 18.0 Å². The number of nitrogens with two attached hydrogens (primary N) is 1. The van der Waals surface area contributed by atoms with Gasteiger partial charge in [-0.1, -0.05) is 0 Å². The number of nitrogens with zero attached hydrogens (tertiary/aromatic N) is 2. The van der Waals surface area contributed by atoms with Crippen LogP contribution in [0.15, 0.2) is 18.2 Å². The van der Waals surface area contributed by atoms with Crippen LogP contribution >= 0.6 is 0 Å². The Morgan fingerprint density at radius 1 is 1.10 bits per heavy atom. The molecule has 6 nitrogen and oxygen atoms in total. The number of nitro groups is 1. The van der Waals surface area contributed by atoms with E-state index >= 15 is 0 Å². The lowest BCUT2D eigenvalue weighted by Gasteiger charge is -2.59. The molecule has 6 rings (SSSR count). The van der Waals surface area contributed by atoms with E-state index in [1.165, 1.54) is 38.5 Å². The third-order valence-electron chi connectivity index (χ3n) is 8.59. The van der Waals surface area contributed by atoms with Crippen molar-refractivity contribution in [1.29, 1.82) is 0 Å². The number of hydrogen-bond donors (Lipinski definition) is 2. The zero-order valence-electron chi connectivity index (χ0n) is 18.6. The maximum absolute atomic E-state index is 11.8. The zero-order valence-corrected chi connectivity index (χ0v) is 18.6. The fraction of sp³-hybridized carbons (Fsp3) is 0.750. The molecule has 0 radical (unpaired) electrons. The molecule has 1 aromatic carbocycles. The van der Waals surface area contributed by atoms with Gasteiger partial charge in [-0.2, -0.15) is 0 Å². The summed E-state index contributed by atoms with van der Waals surface area (Å²) in [5.74, 6) is 2.65. The van der Waals surface area contributed by atoms with Crippen LogP contribution < -0.4 is 15.5 Å². The summed E-state index contributed by atoms with van der Waals surface area (Å²) in [5, 5.41) is 17.9. The van der Waals surface area contributed by atoms with Crippen molar-refractivity contribution in [1.82, 2.24) is 0 Å². The normalized spacial score (nSPS) is 38.5. The minimum Gasteiger partial charge on any atom is -0.376 e. The first-order chi connectivity index (χ1) is 14.3. The maximum atomic E-state index is 11.8. The molecule has 1 aliphatic heterocycles. The van der Waals surface area contributed by atoms with E-state index in [4.69, 9.17) is 0 Å². The molecule has 1 heterocycles. The first-order valence-electron chi connectivity index (χ1n) is 12.0. The predicted octanol–water partition coefficient (Wildman–Crippen LogP) is 3.77. The summed E-state index contributed by atoms with van der Waals surface area (Å²) in [4.78, 5) is 13.9. The minimum atomic E-state index is -0.228. The monoisotopic (exact) mass is 413 g/mol. The maximum Gasteiger partial charge on any atom is 0.292 e. The lowest BCUT2D eigenvalue weighted by Crippen LogP contribution is -2.99. The van der Waals surface area contributed by atoms with Gasteiger partial charge in [-0.25, -0.2) is 0 Å². The van der Waals surface area contributed by atoms with Gasteiger partial charge in [0.25, 0.3) is 5.69 Å². The summed E-state index contributed by atoms with van der Waals surface area (Å²) in [6.45, 7) is 8.74. The van der Waals surface area contributed by atoms with Crippen LogP contribution in [0, 0.1) is 33.3 Å². The van der Waals surface area contributed by atoms with Gasteiger partial charge < -0.3 is 15.5 Å². The van der Waals surface area contributed by atoms with Gasteiger partial charge in [0.15, 0.2) is 0 Å². The molecule has 3 N–H and O–H groups in total. The Kier molecular flexibility index (Phi) is 4.96. The molecule has 4 bridgehead atoms. The number of nitro benzene ring substituents is 1. The molecule has 30 heavy (non-hydrogen) atoms. The molecule has 6 heteroatoms. The molecule has 4 saturated carbocycles. The first kappa shape index (κ1) is 20.1. The summed E-state index contributed by atoms with van der Waals surface area (Å²) in [7, 11) is 0. The van der Waals surface area contributed by atoms with Gasteiger partial charge in [-0.3, -0.25) is 10.1 Å². The Labute approximate surface area is 179 Å². The number of quaternary nitrogens is 1. The Morgan fingerprint density at radius 2 is 1.67 bits per heavy atom. The highest BCUT2D eigenvalue weighted by Crippen LogP contribution is 2.61. The van der Waals surface area contributed by atoms with Crippen LogP contribution in [0.4, 0.5) is 17.1 Å². The van der Waals surface area contributed by atoms with Gasteiger partial charge >= 0.3 is 0 Å². The van der Waals surface area contributed by atoms with Gasteiger partial charge in [-0.05, 0) is 94.6 Å². The third kappa shape index (κ3) is 3.57. The molecule has 1 aromatic rings. The molecular weight excluding hydrogens is 376 g/mol. The second kappa shape index (κ2) is 7.40. The summed E-state index contributed by atoms with van der Waals surface area (Å²) in [6.07, 6.45) is 8.17. The highest BCUT2D eigenvalue weighted by Gasteiger charge is 2.53. The summed E-state index contributed by atoms with van der Waals surface area (Å²) in [6, 6.07) is 7.02. The van der Waals surface area contributed by atoms with Gasteiger partial charge in [0, 0.05) is 17.8 Å². The Bertz CT molecular complexity index is 780. The predicted molar refractivity (Wildman–Crippen MR) is 120 cm³/mol. The molecule has 3 atom stereocenters. The van der Waals surface area contributed by atoms with Crippen molar-refractivity contribution in [3.63, 3.8) is 0 Å². The van der Waals surface area contributed by atoms with E-state index in [-0.39, 0.29) is 16.7 Å². The number of rotatable bonds is 5. The standard InChI is InChI=1S/C24H36N4O2/c1-15-13-27(14-16(2)25-15)21-4-5-23(28(29)30)22(9-21)26-17(3)24-10-18-6-19(11-24)8-20(7-18)12-24/h4-5,9,15-20,25-26H,6-8,10-14H2,1-3H3/p+1. The molecule has 5 aliphatic rings. The lowest BCUT2D eigenvalue weighted by molar-refractivity contribution is -0.716. The van der Waals surface area contributed by atoms with Crippen molar-refractivity contribution >= 4 is 17.1 Å². The molecule has 5 fully saturated rings. The summed E-state index contributed by atoms with van der Waals surface area (Å²) < 4.78 is 0. The second-order valence-electron chi connectivity index (χ2n) is 11.2. The fourth-order valence-corrected chi connectivity index (χ4v) is 7.75. The van der Waals surface area contributed by atoms with Crippen LogP contribution in [-0.2, 0) is 0 Å². The van der Waals surface area contributed by atoms with Gasteiger partial charge in [-0.15, -0.1) is 0 Å². The topological polar surface area (TPSA) is 75.0 Å². The van der Waals surface area contributed by atoms with Crippen molar-refractivity contribution < 1.29 is 10.2 Å². The first-order valence-corrected chi connectivity index (χ1v) is 12.0. The highest BCUT2D eigenvalue weighted by atomic mass is 16.6. The SMILES string of the molecule is CC1CN(c2ccc([N+](=O)[O-])c(NC(C)C34CC5CC(CC(C5)C3)C4)c2)CC(C)[NH2+]1. The largest absolute Gasteiger partial charge is 0.376 e. The average molecular weight is 414 g/mol. The van der Waals surface area contributed by atoms with E-state index in [0.717, 1.165) is 36.5 Å². The zero-order chi connectivity index (χ0) is 21.0. The number of nitrogens with one attached hydrogen (secondary N) is 1. The van der Waals surface area contributed by atoms with E-state index in [1.807, 2.05) is 12.1 Å². The number of benzene rings is 1. The number of hydrogen-bond acceptors (Lipinski definition) is 4. The van der Waals surface area contributed by atoms with E-state index in [0.29, 0.717) is 23.2 Å².